The zero-order valence-electron chi connectivity index (χ0n) is 11.2. The molecule has 1 unspecified atom stereocenters. The Hall–Kier alpha value is -1.46. The van der Waals surface area contributed by atoms with Crippen molar-refractivity contribution in [2.75, 3.05) is 20.2 Å². The van der Waals surface area contributed by atoms with Crippen LogP contribution < -0.4 is 0 Å². The molecule has 1 atom stereocenters. The molecule has 0 spiro atoms. The Morgan fingerprint density at radius 2 is 2.42 bits per heavy atom. The summed E-state index contributed by atoms with van der Waals surface area (Å²) in [7, 11) is 2.03. The zero-order chi connectivity index (χ0) is 13.7. The number of hydrogen-bond donors (Lipinski definition) is 1. The predicted octanol–water partition coefficient (Wildman–Crippen LogP) is 1.78. The summed E-state index contributed by atoms with van der Waals surface area (Å²) in [6.45, 7) is 2.45. The molecule has 0 aliphatic carbocycles. The Labute approximate surface area is 113 Å². The maximum atomic E-state index is 10.9. The molecule has 0 aromatic carbocycles. The average Bonchev–Trinajstić information content (AvgIpc) is 2.40. The van der Waals surface area contributed by atoms with E-state index in [1.807, 2.05) is 13.1 Å². The molecule has 5 heteroatoms. The largest absolute Gasteiger partial charge is 0.477 e. The van der Waals surface area contributed by atoms with Crippen molar-refractivity contribution in [1.82, 2.24) is 9.88 Å². The van der Waals surface area contributed by atoms with Crippen molar-refractivity contribution in [2.45, 2.75) is 31.9 Å². The Morgan fingerprint density at radius 3 is 3.11 bits per heavy atom. The molecule has 1 fully saturated rings. The average molecular weight is 264 g/mol. The van der Waals surface area contributed by atoms with Crippen LogP contribution in [0.4, 0.5) is 0 Å². The number of carboxylic acid groups (broad SMARTS) is 1. The standard InChI is InChI=1S/C14H20N2O3/c1-16(10-12-4-2-3-7-19-12)9-11-5-6-15-13(8-11)14(17)18/h5-6,8,12H,2-4,7,9-10H2,1H3,(H,17,18). The molecule has 2 rings (SSSR count). The summed E-state index contributed by atoms with van der Waals surface area (Å²) in [5, 5.41) is 8.91. The van der Waals surface area contributed by atoms with Gasteiger partial charge in [0.2, 0.25) is 0 Å². The van der Waals surface area contributed by atoms with Gasteiger partial charge in [0.25, 0.3) is 0 Å². The van der Waals surface area contributed by atoms with E-state index in [2.05, 4.69) is 9.88 Å². The van der Waals surface area contributed by atoms with Crippen LogP contribution in [0.1, 0.15) is 35.3 Å². The monoisotopic (exact) mass is 264 g/mol. The van der Waals surface area contributed by atoms with Gasteiger partial charge in [0.15, 0.2) is 0 Å². The predicted molar refractivity (Wildman–Crippen MR) is 71.1 cm³/mol. The summed E-state index contributed by atoms with van der Waals surface area (Å²) in [6.07, 6.45) is 5.35. The zero-order valence-corrected chi connectivity index (χ0v) is 11.2. The number of nitrogens with zero attached hydrogens (tertiary/aromatic N) is 2. The van der Waals surface area contributed by atoms with Crippen LogP contribution in [0, 0.1) is 0 Å². The molecule has 0 bridgehead atoms. The Kier molecular flexibility index (Phi) is 4.87. The second kappa shape index (κ2) is 6.63. The molecule has 1 aromatic heterocycles. The highest BCUT2D eigenvalue weighted by Crippen LogP contribution is 2.14. The van der Waals surface area contributed by atoms with Crippen molar-refractivity contribution in [2.24, 2.45) is 0 Å². The quantitative estimate of drug-likeness (QED) is 0.878. The number of rotatable bonds is 5. The molecular weight excluding hydrogens is 244 g/mol. The highest BCUT2D eigenvalue weighted by molar-refractivity contribution is 5.85. The van der Waals surface area contributed by atoms with Gasteiger partial charge in [-0.2, -0.15) is 0 Å². The highest BCUT2D eigenvalue weighted by Gasteiger charge is 2.16. The van der Waals surface area contributed by atoms with Gasteiger partial charge in [-0.25, -0.2) is 9.78 Å². The molecule has 104 valence electrons. The Morgan fingerprint density at radius 1 is 1.58 bits per heavy atom. The third kappa shape index (κ3) is 4.29. The van der Waals surface area contributed by atoms with E-state index in [9.17, 15) is 4.79 Å². The molecule has 1 N–H and O–H groups in total. The van der Waals surface area contributed by atoms with E-state index >= 15 is 0 Å². The summed E-state index contributed by atoms with van der Waals surface area (Å²) >= 11 is 0. The van der Waals surface area contributed by atoms with Crippen molar-refractivity contribution >= 4 is 5.97 Å². The topological polar surface area (TPSA) is 62.7 Å². The summed E-state index contributed by atoms with van der Waals surface area (Å²) in [5.74, 6) is -0.986. The van der Waals surface area contributed by atoms with Crippen LogP contribution in [0.5, 0.6) is 0 Å². The van der Waals surface area contributed by atoms with E-state index < -0.39 is 5.97 Å². The molecular formula is C14H20N2O3. The van der Waals surface area contributed by atoms with E-state index in [1.54, 1.807) is 12.3 Å². The summed E-state index contributed by atoms with van der Waals surface area (Å²) < 4.78 is 5.70. The van der Waals surface area contributed by atoms with Crippen molar-refractivity contribution in [3.05, 3.63) is 29.6 Å². The molecule has 1 aliphatic rings. The number of hydrogen-bond acceptors (Lipinski definition) is 4. The van der Waals surface area contributed by atoms with Gasteiger partial charge in [0, 0.05) is 25.9 Å². The van der Waals surface area contributed by atoms with Crippen LogP contribution in [-0.2, 0) is 11.3 Å². The van der Waals surface area contributed by atoms with Crippen LogP contribution in [-0.4, -0.2) is 47.3 Å². The third-order valence-corrected chi connectivity index (χ3v) is 3.29. The van der Waals surface area contributed by atoms with Gasteiger partial charge in [-0.3, -0.25) is 4.90 Å². The van der Waals surface area contributed by atoms with Crippen molar-refractivity contribution in [3.8, 4) is 0 Å². The first kappa shape index (κ1) is 14.0. The molecule has 19 heavy (non-hydrogen) atoms. The molecule has 5 nitrogen and oxygen atoms in total. The van der Waals surface area contributed by atoms with Gasteiger partial charge in [-0.1, -0.05) is 0 Å². The van der Waals surface area contributed by atoms with Crippen LogP contribution in [0.25, 0.3) is 0 Å². The number of carbonyl (C=O) groups is 1. The van der Waals surface area contributed by atoms with Crippen molar-refractivity contribution < 1.29 is 14.6 Å². The maximum Gasteiger partial charge on any atom is 0.354 e. The van der Waals surface area contributed by atoms with Crippen LogP contribution >= 0.6 is 0 Å². The number of likely N-dealkylation sites (N-methyl/N-ethyl adjacent to an activating group) is 1. The number of pyridine rings is 1. The van der Waals surface area contributed by atoms with Crippen molar-refractivity contribution in [1.29, 1.82) is 0 Å². The Bertz CT molecular complexity index is 430. The van der Waals surface area contributed by atoms with E-state index in [0.29, 0.717) is 12.6 Å². The number of aromatic nitrogens is 1. The lowest BCUT2D eigenvalue weighted by atomic mass is 10.1. The highest BCUT2D eigenvalue weighted by atomic mass is 16.5. The second-order valence-corrected chi connectivity index (χ2v) is 5.04. The molecule has 2 heterocycles. The van der Waals surface area contributed by atoms with Crippen LogP contribution in [0.3, 0.4) is 0 Å². The number of aromatic carboxylic acids is 1. The molecule has 0 saturated carbocycles. The first-order chi connectivity index (χ1) is 9.15. The van der Waals surface area contributed by atoms with E-state index in [-0.39, 0.29) is 5.69 Å². The molecule has 1 aliphatic heterocycles. The van der Waals surface area contributed by atoms with Crippen LogP contribution in [0.2, 0.25) is 0 Å². The minimum atomic E-state index is -0.986. The number of ether oxygens (including phenoxy) is 1. The SMILES string of the molecule is CN(Cc1ccnc(C(=O)O)c1)CC1CCCCO1. The fourth-order valence-electron chi connectivity index (χ4n) is 2.36. The fraction of sp³-hybridized carbons (Fsp3) is 0.571. The van der Waals surface area contributed by atoms with Gasteiger partial charge in [0.1, 0.15) is 5.69 Å². The van der Waals surface area contributed by atoms with E-state index in [0.717, 1.165) is 31.6 Å². The van der Waals surface area contributed by atoms with Gasteiger partial charge >= 0.3 is 5.97 Å². The first-order valence-electron chi connectivity index (χ1n) is 6.63. The Balaban J connectivity index is 1.88. The third-order valence-electron chi connectivity index (χ3n) is 3.29. The molecule has 0 radical (unpaired) electrons. The van der Waals surface area contributed by atoms with Crippen LogP contribution in [0.15, 0.2) is 18.3 Å². The van der Waals surface area contributed by atoms with Gasteiger partial charge in [0.05, 0.1) is 6.10 Å². The normalized spacial score (nSPS) is 19.6. The molecule has 0 amide bonds. The minimum Gasteiger partial charge on any atom is -0.477 e. The van der Waals surface area contributed by atoms with Gasteiger partial charge in [-0.15, -0.1) is 0 Å². The lowest BCUT2D eigenvalue weighted by Gasteiger charge is -2.27. The minimum absolute atomic E-state index is 0.0971. The van der Waals surface area contributed by atoms with E-state index in [4.69, 9.17) is 9.84 Å². The van der Waals surface area contributed by atoms with Gasteiger partial charge < -0.3 is 9.84 Å². The summed E-state index contributed by atoms with van der Waals surface area (Å²) in [6, 6.07) is 3.48. The molecule has 1 aromatic rings. The van der Waals surface area contributed by atoms with Gasteiger partial charge in [-0.05, 0) is 44.0 Å². The van der Waals surface area contributed by atoms with Crippen molar-refractivity contribution in [3.63, 3.8) is 0 Å². The lowest BCUT2D eigenvalue weighted by molar-refractivity contribution is -0.00260. The molecule has 1 saturated heterocycles. The second-order valence-electron chi connectivity index (χ2n) is 5.04. The first-order valence-corrected chi connectivity index (χ1v) is 6.63. The fourth-order valence-corrected chi connectivity index (χ4v) is 2.36. The smallest absolute Gasteiger partial charge is 0.354 e. The maximum absolute atomic E-state index is 10.9. The summed E-state index contributed by atoms with van der Waals surface area (Å²) in [5.41, 5.74) is 1.06. The van der Waals surface area contributed by atoms with E-state index in [1.165, 1.54) is 6.42 Å². The lowest BCUT2D eigenvalue weighted by Crippen LogP contribution is -2.33. The number of carboxylic acids is 1. The summed E-state index contributed by atoms with van der Waals surface area (Å²) in [4.78, 5) is 16.8.